The largest absolute Gasteiger partial charge is 0.339 e. The smallest absolute Gasteiger partial charge is 0.231 e. The van der Waals surface area contributed by atoms with E-state index in [1.54, 1.807) is 12.1 Å². The highest BCUT2D eigenvalue weighted by Gasteiger charge is 2.38. The van der Waals surface area contributed by atoms with Crippen molar-refractivity contribution in [1.82, 2.24) is 9.88 Å². The van der Waals surface area contributed by atoms with Crippen LogP contribution >= 0.6 is 11.3 Å². The van der Waals surface area contributed by atoms with Crippen LogP contribution in [-0.2, 0) is 19.4 Å². The van der Waals surface area contributed by atoms with E-state index in [0.717, 1.165) is 31.9 Å². The van der Waals surface area contributed by atoms with Crippen molar-refractivity contribution in [1.29, 1.82) is 0 Å². The number of benzene rings is 1. The molecule has 0 bridgehead atoms. The molecular weight excluding hydrogens is 386 g/mol. The third-order valence-corrected chi connectivity index (χ3v) is 7.36. The predicted molar refractivity (Wildman–Crippen MR) is 103 cm³/mol. The number of aromatic nitrogens is 1. The molecule has 2 heterocycles. The predicted octanol–water partition coefficient (Wildman–Crippen LogP) is 2.43. The minimum absolute atomic E-state index is 0.0594. The molecule has 2 aliphatic rings. The van der Waals surface area contributed by atoms with Gasteiger partial charge in [0, 0.05) is 25.3 Å². The van der Waals surface area contributed by atoms with Crippen LogP contribution < -0.4 is 5.32 Å². The molecule has 7 nitrogen and oxygen atoms in total. The van der Waals surface area contributed by atoms with Gasteiger partial charge < -0.3 is 10.2 Å². The second-order valence-electron chi connectivity index (χ2n) is 7.30. The number of rotatable bonds is 4. The average molecular weight is 408 g/mol. The van der Waals surface area contributed by atoms with Gasteiger partial charge in [-0.2, -0.15) is 0 Å². The van der Waals surface area contributed by atoms with Crippen LogP contribution in [-0.4, -0.2) is 49.0 Å². The van der Waals surface area contributed by atoms with E-state index in [4.69, 9.17) is 0 Å². The van der Waals surface area contributed by atoms with Gasteiger partial charge >= 0.3 is 0 Å². The number of sulfone groups is 1. The molecule has 1 N–H and O–H groups in total. The molecule has 1 saturated heterocycles. The van der Waals surface area contributed by atoms with Gasteiger partial charge in [-0.15, -0.1) is 0 Å². The van der Waals surface area contributed by atoms with E-state index in [2.05, 4.69) is 10.3 Å². The summed E-state index contributed by atoms with van der Waals surface area (Å²) in [6, 6.07) is 5.00. The lowest BCUT2D eigenvalue weighted by molar-refractivity contribution is -0.129. The van der Waals surface area contributed by atoms with Gasteiger partial charge in [0.2, 0.25) is 11.8 Å². The van der Waals surface area contributed by atoms with Crippen LogP contribution in [0.25, 0.3) is 10.2 Å². The number of amides is 2. The summed E-state index contributed by atoms with van der Waals surface area (Å²) < 4.78 is 24.1. The molecule has 0 radical (unpaired) electrons. The van der Waals surface area contributed by atoms with Crippen LogP contribution in [0.5, 0.6) is 0 Å². The van der Waals surface area contributed by atoms with Crippen LogP contribution in [0.3, 0.4) is 0 Å². The Morgan fingerprint density at radius 3 is 2.74 bits per heavy atom. The third-order valence-electron chi connectivity index (χ3n) is 5.31. The zero-order valence-corrected chi connectivity index (χ0v) is 16.6. The minimum atomic E-state index is -3.29. The van der Waals surface area contributed by atoms with Crippen molar-refractivity contribution in [3.63, 3.8) is 0 Å². The number of anilines is 1. The molecule has 144 valence electrons. The van der Waals surface area contributed by atoms with Gasteiger partial charge in [0.15, 0.2) is 15.0 Å². The van der Waals surface area contributed by atoms with Crippen molar-refractivity contribution >= 4 is 48.3 Å². The molecule has 0 unspecified atom stereocenters. The van der Waals surface area contributed by atoms with Crippen LogP contribution in [0.15, 0.2) is 23.1 Å². The maximum atomic E-state index is 12.6. The summed E-state index contributed by atoms with van der Waals surface area (Å²) >= 11 is 1.24. The topological polar surface area (TPSA) is 96.4 Å². The fourth-order valence-corrected chi connectivity index (χ4v) is 5.50. The Bertz CT molecular complexity index is 1010. The number of carbonyl (C=O) groups is 2. The number of nitrogens with one attached hydrogen (secondary N) is 1. The molecule has 1 saturated carbocycles. The highest BCUT2D eigenvalue weighted by Crippen LogP contribution is 2.31. The van der Waals surface area contributed by atoms with E-state index >= 15 is 0 Å². The number of fused-ring (bicyclic) bond motifs is 1. The lowest BCUT2D eigenvalue weighted by atomic mass is 10.1. The number of nitrogens with zero attached hydrogens (tertiary/aromatic N) is 2. The van der Waals surface area contributed by atoms with Gasteiger partial charge in [-0.25, -0.2) is 13.4 Å². The Morgan fingerprint density at radius 2 is 2.04 bits per heavy atom. The van der Waals surface area contributed by atoms with Gasteiger partial charge in [-0.3, -0.25) is 9.59 Å². The summed E-state index contributed by atoms with van der Waals surface area (Å²) in [6.45, 7) is 0.471. The van der Waals surface area contributed by atoms with Crippen LogP contribution in [0.1, 0.15) is 32.1 Å². The molecule has 9 heteroatoms. The molecule has 1 atom stereocenters. The first kappa shape index (κ1) is 18.4. The molecule has 0 spiro atoms. The molecule has 1 aromatic carbocycles. The highest BCUT2D eigenvalue weighted by molar-refractivity contribution is 7.90. The second-order valence-corrected chi connectivity index (χ2v) is 10.3. The zero-order valence-electron chi connectivity index (χ0n) is 15.0. The van der Waals surface area contributed by atoms with Crippen molar-refractivity contribution < 1.29 is 18.0 Å². The van der Waals surface area contributed by atoms with Crippen molar-refractivity contribution in [3.8, 4) is 0 Å². The van der Waals surface area contributed by atoms with E-state index in [0.29, 0.717) is 21.9 Å². The monoisotopic (exact) mass is 407 g/mol. The molecule has 1 aromatic heterocycles. The SMILES string of the molecule is CS(=O)(=O)c1ccc2nc(NC(=O)[C@H]3CC(=O)N(C4CCCC4)C3)sc2c1. The standard InChI is InChI=1S/C18H21N3O4S2/c1-27(24,25)13-6-7-14-15(9-13)26-18(19-14)20-17(23)11-8-16(22)21(10-11)12-4-2-3-5-12/h6-7,9,11-12H,2-5,8,10H2,1H3,(H,19,20,23)/t11-/m0/s1. The lowest BCUT2D eigenvalue weighted by Crippen LogP contribution is -2.35. The molecule has 2 amide bonds. The molecule has 1 aliphatic carbocycles. The summed E-state index contributed by atoms with van der Waals surface area (Å²) in [6.07, 6.45) is 5.75. The lowest BCUT2D eigenvalue weighted by Gasteiger charge is -2.23. The van der Waals surface area contributed by atoms with Gasteiger partial charge in [-0.05, 0) is 31.0 Å². The maximum absolute atomic E-state index is 12.6. The van der Waals surface area contributed by atoms with Crippen molar-refractivity contribution in [3.05, 3.63) is 18.2 Å². The maximum Gasteiger partial charge on any atom is 0.231 e. The number of hydrogen-bond donors (Lipinski definition) is 1. The quantitative estimate of drug-likeness (QED) is 0.840. The summed E-state index contributed by atoms with van der Waals surface area (Å²) in [5.74, 6) is -0.507. The number of carbonyl (C=O) groups excluding carboxylic acids is 2. The van der Waals surface area contributed by atoms with E-state index in [9.17, 15) is 18.0 Å². The summed E-state index contributed by atoms with van der Waals surface area (Å²) in [5.41, 5.74) is 0.637. The first-order valence-electron chi connectivity index (χ1n) is 9.02. The molecule has 4 rings (SSSR count). The number of hydrogen-bond acceptors (Lipinski definition) is 6. The summed E-state index contributed by atoms with van der Waals surface area (Å²) in [4.78, 5) is 31.3. The van der Waals surface area contributed by atoms with E-state index in [1.165, 1.54) is 17.4 Å². The van der Waals surface area contributed by atoms with Gasteiger partial charge in [-0.1, -0.05) is 24.2 Å². The molecular formula is C18H21N3O4S2. The molecule has 2 aromatic rings. The van der Waals surface area contributed by atoms with Gasteiger partial charge in [0.1, 0.15) is 0 Å². The first-order valence-corrected chi connectivity index (χ1v) is 11.7. The van der Waals surface area contributed by atoms with Crippen LogP contribution in [0.4, 0.5) is 5.13 Å². The molecule has 2 fully saturated rings. The van der Waals surface area contributed by atoms with Gasteiger partial charge in [0.05, 0.1) is 21.0 Å². The Morgan fingerprint density at radius 1 is 1.30 bits per heavy atom. The van der Waals surface area contributed by atoms with Crippen molar-refractivity contribution in [2.75, 3.05) is 18.1 Å². The van der Waals surface area contributed by atoms with Crippen LogP contribution in [0.2, 0.25) is 0 Å². The fourth-order valence-electron chi connectivity index (χ4n) is 3.87. The Balaban J connectivity index is 1.47. The number of thiazole rings is 1. The summed E-state index contributed by atoms with van der Waals surface area (Å²) in [5, 5.41) is 3.23. The fraction of sp³-hybridized carbons (Fsp3) is 0.500. The summed E-state index contributed by atoms with van der Waals surface area (Å²) in [7, 11) is -3.29. The second kappa shape index (κ2) is 6.87. The highest BCUT2D eigenvalue weighted by atomic mass is 32.2. The molecule has 1 aliphatic heterocycles. The average Bonchev–Trinajstić information content (AvgIpc) is 3.31. The van der Waals surface area contributed by atoms with Crippen molar-refractivity contribution in [2.45, 2.75) is 43.0 Å². The molecule has 27 heavy (non-hydrogen) atoms. The van der Waals surface area contributed by atoms with Crippen LogP contribution in [0, 0.1) is 5.92 Å². The zero-order chi connectivity index (χ0) is 19.2. The van der Waals surface area contributed by atoms with E-state index in [1.807, 2.05) is 4.90 Å². The number of likely N-dealkylation sites (tertiary alicyclic amines) is 1. The van der Waals surface area contributed by atoms with Gasteiger partial charge in [0.25, 0.3) is 0 Å². The Hall–Kier alpha value is -2.00. The Labute approximate surface area is 161 Å². The van der Waals surface area contributed by atoms with Crippen molar-refractivity contribution in [2.24, 2.45) is 5.92 Å². The third kappa shape index (κ3) is 3.70. The van der Waals surface area contributed by atoms with E-state index < -0.39 is 9.84 Å². The Kier molecular flexibility index (Phi) is 4.67. The normalized spacial score (nSPS) is 21.3. The first-order chi connectivity index (χ1) is 12.8. The minimum Gasteiger partial charge on any atom is -0.339 e. The van der Waals surface area contributed by atoms with E-state index in [-0.39, 0.29) is 35.1 Å².